The molecule has 0 saturated heterocycles. The van der Waals surface area contributed by atoms with Gasteiger partial charge in [-0.2, -0.15) is 5.46 Å². The Labute approximate surface area is 232 Å². The highest BCUT2D eigenvalue weighted by molar-refractivity contribution is 7.20. The zero-order valence-corrected chi connectivity index (χ0v) is 20.7. The van der Waals surface area contributed by atoms with Gasteiger partial charge in [-0.15, -0.1) is 16.4 Å². The summed E-state index contributed by atoms with van der Waals surface area (Å²) in [6.45, 7) is 6.25. The Morgan fingerprint density at radius 3 is 0.930 bits per heavy atom. The Morgan fingerprint density at radius 2 is 0.651 bits per heavy atom. The average molecular weight is 623 g/mol. The summed E-state index contributed by atoms with van der Waals surface area (Å²) in [7, 11) is 0. The van der Waals surface area contributed by atoms with Crippen LogP contribution in [0.15, 0.2) is 37.4 Å². The maximum atomic E-state index is 15.8. The second kappa shape index (κ2) is 10.9. The van der Waals surface area contributed by atoms with Crippen LogP contribution in [-0.2, 0) is 0 Å². The highest BCUT2D eigenvalue weighted by Gasteiger charge is 2.48. The molecule has 0 amide bonds. The van der Waals surface area contributed by atoms with Crippen molar-refractivity contribution < 1.29 is 61.5 Å². The molecule has 43 heavy (non-hydrogen) atoms. The van der Waals surface area contributed by atoms with Gasteiger partial charge in [0.05, 0.1) is 5.56 Å². The van der Waals surface area contributed by atoms with E-state index < -0.39 is 115 Å². The van der Waals surface area contributed by atoms with Crippen molar-refractivity contribution in [3.05, 3.63) is 130 Å². The van der Waals surface area contributed by atoms with Crippen LogP contribution in [0.4, 0.5) is 61.5 Å². The van der Waals surface area contributed by atoms with E-state index in [0.29, 0.717) is 12.1 Å². The minimum absolute atomic E-state index is 0.0172. The van der Waals surface area contributed by atoms with E-state index in [1.165, 1.54) is 0 Å². The van der Waals surface area contributed by atoms with Gasteiger partial charge in [-0.1, -0.05) is 49.6 Å². The first-order chi connectivity index (χ1) is 20.1. The molecule has 4 aromatic rings. The lowest BCUT2D eigenvalue weighted by molar-refractivity contribution is 0.381. The SMILES string of the molecule is C=Cc1ccc([B-](c2c(F)c(F)c(F)c(F)c2F)(c2c(F)c(F)c(F)c(F)c2F)c2c(F)c(F)c(C=C)c(F)c2F)cc1. The van der Waals surface area contributed by atoms with Gasteiger partial charge in [0.25, 0.3) is 0 Å². The molecule has 15 heteroatoms. The highest BCUT2D eigenvalue weighted by atomic mass is 19.2. The van der Waals surface area contributed by atoms with Crippen molar-refractivity contribution in [2.24, 2.45) is 0 Å². The zero-order chi connectivity index (χ0) is 32.3. The fraction of sp³-hybridized carbons (Fsp3) is 0. The predicted molar refractivity (Wildman–Crippen MR) is 130 cm³/mol. The first-order valence-corrected chi connectivity index (χ1v) is 11.5. The molecule has 0 bridgehead atoms. The summed E-state index contributed by atoms with van der Waals surface area (Å²) in [5.41, 5.74) is -10.6. The summed E-state index contributed by atoms with van der Waals surface area (Å²) in [6.07, 6.45) is -4.41. The van der Waals surface area contributed by atoms with Crippen LogP contribution in [0.5, 0.6) is 0 Å². The van der Waals surface area contributed by atoms with Gasteiger partial charge in [-0.25, -0.2) is 61.5 Å². The van der Waals surface area contributed by atoms with Crippen molar-refractivity contribution in [2.45, 2.75) is 0 Å². The summed E-state index contributed by atoms with van der Waals surface area (Å²) in [4.78, 5) is 0. The standard InChI is InChI=1S/C28H10BF14/c1-3-9-5-7-10(8-6-9)29(13-19(34)23(38)27(42)24(39)20(13)35,14-21(36)25(40)28(43)26(41)22(14)37)12-17(32)15(30)11(4-2)16(31)18(12)33/h3-8H,1-2H2/q-1. The molecular weight excluding hydrogens is 613 g/mol. The lowest BCUT2D eigenvalue weighted by Gasteiger charge is -2.44. The second-order valence-electron chi connectivity index (χ2n) is 8.99. The molecule has 0 radical (unpaired) electrons. The summed E-state index contributed by atoms with van der Waals surface area (Å²) >= 11 is 0. The monoisotopic (exact) mass is 623 g/mol. The molecule has 0 unspecified atom stereocenters. The normalized spacial score (nSPS) is 11.7. The lowest BCUT2D eigenvalue weighted by atomic mass is 9.12. The molecular formula is C28H10BF14-. The van der Waals surface area contributed by atoms with E-state index in [1.54, 1.807) is 0 Å². The van der Waals surface area contributed by atoms with Crippen LogP contribution < -0.4 is 21.9 Å². The quantitative estimate of drug-likeness (QED) is 0.103. The van der Waals surface area contributed by atoms with E-state index in [9.17, 15) is 26.3 Å². The Hall–Kier alpha value is -4.56. The van der Waals surface area contributed by atoms with Crippen molar-refractivity contribution in [3.8, 4) is 0 Å². The summed E-state index contributed by atoms with van der Waals surface area (Å²) in [6, 6.07) is 2.58. The van der Waals surface area contributed by atoms with Crippen molar-refractivity contribution >= 4 is 40.1 Å². The molecule has 0 saturated carbocycles. The van der Waals surface area contributed by atoms with Crippen molar-refractivity contribution in [2.75, 3.05) is 0 Å². The van der Waals surface area contributed by atoms with Crippen LogP contribution in [0, 0.1) is 81.4 Å². The molecule has 0 fully saturated rings. The number of benzene rings is 4. The van der Waals surface area contributed by atoms with Crippen molar-refractivity contribution in [1.29, 1.82) is 0 Å². The molecule has 4 aromatic carbocycles. The van der Waals surface area contributed by atoms with E-state index in [4.69, 9.17) is 0 Å². The van der Waals surface area contributed by atoms with Gasteiger partial charge in [0.15, 0.2) is 46.5 Å². The first kappa shape index (κ1) is 31.4. The van der Waals surface area contributed by atoms with E-state index in [0.717, 1.165) is 18.2 Å². The highest BCUT2D eigenvalue weighted by Crippen LogP contribution is 2.29. The summed E-state index contributed by atoms with van der Waals surface area (Å²) in [5, 5.41) is 0. The third kappa shape index (κ3) is 4.23. The van der Waals surface area contributed by atoms with Gasteiger partial charge in [0.2, 0.25) is 0 Å². The largest absolute Gasteiger partial charge is 0.207 e. The minimum atomic E-state index is -5.65. The van der Waals surface area contributed by atoms with E-state index in [-0.39, 0.29) is 11.6 Å². The van der Waals surface area contributed by atoms with Crippen LogP contribution in [0.25, 0.3) is 12.2 Å². The molecule has 0 atom stereocenters. The van der Waals surface area contributed by atoms with Gasteiger partial charge in [0.1, 0.15) is 41.0 Å². The van der Waals surface area contributed by atoms with Gasteiger partial charge in [0, 0.05) is 0 Å². The second-order valence-corrected chi connectivity index (χ2v) is 8.99. The van der Waals surface area contributed by atoms with Crippen LogP contribution >= 0.6 is 0 Å². The van der Waals surface area contributed by atoms with Gasteiger partial charge >= 0.3 is 0 Å². The zero-order valence-electron chi connectivity index (χ0n) is 20.7. The smallest absolute Gasteiger partial charge is 0.200 e. The molecule has 0 nitrogen and oxygen atoms in total. The summed E-state index contributed by atoms with van der Waals surface area (Å²) < 4.78 is 211. The Kier molecular flexibility index (Phi) is 7.98. The third-order valence-corrected chi connectivity index (χ3v) is 6.99. The first-order valence-electron chi connectivity index (χ1n) is 11.5. The number of rotatable bonds is 6. The van der Waals surface area contributed by atoms with Crippen LogP contribution in [0.1, 0.15) is 11.1 Å². The van der Waals surface area contributed by atoms with E-state index >= 15 is 35.1 Å². The van der Waals surface area contributed by atoms with Crippen molar-refractivity contribution in [1.82, 2.24) is 0 Å². The molecule has 0 N–H and O–H groups in total. The lowest BCUT2D eigenvalue weighted by Crippen LogP contribution is -2.79. The molecule has 4 rings (SSSR count). The number of hydrogen-bond donors (Lipinski definition) is 0. The average Bonchev–Trinajstić information content (AvgIpc) is 3.00. The minimum Gasteiger partial charge on any atom is -0.207 e. The van der Waals surface area contributed by atoms with Gasteiger partial charge < -0.3 is 0 Å². The van der Waals surface area contributed by atoms with Gasteiger partial charge in [-0.05, 0) is 5.56 Å². The van der Waals surface area contributed by atoms with Crippen LogP contribution in [0.2, 0.25) is 0 Å². The Morgan fingerprint density at radius 1 is 0.372 bits per heavy atom. The summed E-state index contributed by atoms with van der Waals surface area (Å²) in [5.74, 6) is -40.2. The van der Waals surface area contributed by atoms with E-state index in [1.807, 2.05) is 0 Å². The van der Waals surface area contributed by atoms with E-state index in [2.05, 4.69) is 13.2 Å². The topological polar surface area (TPSA) is 0 Å². The Bertz CT molecular complexity index is 1690. The van der Waals surface area contributed by atoms with Crippen molar-refractivity contribution in [3.63, 3.8) is 0 Å². The van der Waals surface area contributed by atoms with Gasteiger partial charge in [-0.3, -0.25) is 0 Å². The maximum absolute atomic E-state index is 15.8. The molecule has 0 aliphatic heterocycles. The van der Waals surface area contributed by atoms with Crippen LogP contribution in [-0.4, -0.2) is 6.15 Å². The molecule has 0 aliphatic rings. The fourth-order valence-electron chi connectivity index (χ4n) is 5.08. The third-order valence-electron chi connectivity index (χ3n) is 6.99. The predicted octanol–water partition coefficient (Wildman–Crippen LogP) is 6.30. The number of hydrogen-bond acceptors (Lipinski definition) is 0. The fourth-order valence-corrected chi connectivity index (χ4v) is 5.08. The number of halogens is 14. The maximum Gasteiger partial charge on any atom is 0.200 e. The molecule has 224 valence electrons. The molecule has 0 heterocycles. The molecule has 0 spiro atoms. The van der Waals surface area contributed by atoms with Crippen LogP contribution in [0.3, 0.4) is 0 Å². The Balaban J connectivity index is 2.56. The molecule has 0 aliphatic carbocycles. The molecule has 0 aromatic heterocycles.